The van der Waals surface area contributed by atoms with Crippen LogP contribution in [0, 0.1) is 0 Å². The molecule has 0 atom stereocenters. The Labute approximate surface area is 117 Å². The summed E-state index contributed by atoms with van der Waals surface area (Å²) in [6.07, 6.45) is 6.51. The zero-order valence-corrected chi connectivity index (χ0v) is 12.6. The quantitative estimate of drug-likeness (QED) is 0.838. The number of carbonyl (C=O) groups is 1. The Hall–Kier alpha value is -0.610. The fourth-order valence-electron chi connectivity index (χ4n) is 3.67. The third-order valence-corrected chi connectivity index (χ3v) is 4.91. The van der Waals surface area contributed by atoms with Crippen LogP contribution in [0.3, 0.4) is 0 Å². The van der Waals surface area contributed by atoms with Gasteiger partial charge in [-0.25, -0.2) is 0 Å². The molecule has 1 N–H and O–H groups in total. The van der Waals surface area contributed by atoms with Gasteiger partial charge >= 0.3 is 0 Å². The second kappa shape index (κ2) is 6.71. The number of hydrogen-bond donors (Lipinski definition) is 1. The van der Waals surface area contributed by atoms with Crippen molar-refractivity contribution in [2.75, 3.05) is 39.3 Å². The minimum Gasteiger partial charge on any atom is -0.342 e. The Morgan fingerprint density at radius 2 is 1.89 bits per heavy atom. The van der Waals surface area contributed by atoms with E-state index in [9.17, 15) is 4.79 Å². The van der Waals surface area contributed by atoms with Crippen LogP contribution >= 0.6 is 0 Å². The molecule has 1 saturated heterocycles. The Morgan fingerprint density at radius 1 is 1.21 bits per heavy atom. The number of rotatable bonds is 4. The smallest absolute Gasteiger partial charge is 0.236 e. The van der Waals surface area contributed by atoms with E-state index in [1.807, 2.05) is 4.90 Å². The van der Waals surface area contributed by atoms with Crippen LogP contribution in [0.5, 0.6) is 0 Å². The van der Waals surface area contributed by atoms with Gasteiger partial charge in [0.2, 0.25) is 5.91 Å². The molecule has 0 radical (unpaired) electrons. The van der Waals surface area contributed by atoms with Gasteiger partial charge in [-0.3, -0.25) is 9.69 Å². The van der Waals surface area contributed by atoms with Crippen LogP contribution in [0.15, 0.2) is 0 Å². The fourth-order valence-corrected chi connectivity index (χ4v) is 3.67. The highest BCUT2D eigenvalue weighted by molar-refractivity contribution is 5.78. The monoisotopic (exact) mass is 267 g/mol. The maximum absolute atomic E-state index is 12.4. The summed E-state index contributed by atoms with van der Waals surface area (Å²) in [5.74, 6) is 0.303. The van der Waals surface area contributed by atoms with E-state index in [4.69, 9.17) is 0 Å². The van der Waals surface area contributed by atoms with E-state index in [2.05, 4.69) is 24.1 Å². The van der Waals surface area contributed by atoms with Crippen molar-refractivity contribution in [2.45, 2.75) is 51.5 Å². The standard InChI is InChI=1S/C15H29N3O/c1-3-17(4-2)14(19)12-18-11-10-16-13-15(18)8-6-5-7-9-15/h16H,3-13H2,1-2H3. The van der Waals surface area contributed by atoms with Gasteiger partial charge in [0, 0.05) is 38.3 Å². The van der Waals surface area contributed by atoms with Crippen molar-refractivity contribution in [3.63, 3.8) is 0 Å². The molecule has 4 heteroatoms. The van der Waals surface area contributed by atoms with Crippen molar-refractivity contribution in [1.82, 2.24) is 15.1 Å². The molecule has 1 amide bonds. The van der Waals surface area contributed by atoms with E-state index in [0.717, 1.165) is 32.7 Å². The highest BCUT2D eigenvalue weighted by Crippen LogP contribution is 2.34. The molecule has 2 aliphatic rings. The van der Waals surface area contributed by atoms with Crippen molar-refractivity contribution in [3.8, 4) is 0 Å². The van der Waals surface area contributed by atoms with Gasteiger partial charge in [0.05, 0.1) is 6.54 Å². The van der Waals surface area contributed by atoms with Gasteiger partial charge in [-0.05, 0) is 26.7 Å². The highest BCUT2D eigenvalue weighted by Gasteiger charge is 2.40. The number of carbonyl (C=O) groups excluding carboxylic acids is 1. The number of likely N-dealkylation sites (N-methyl/N-ethyl adjacent to an activating group) is 1. The minimum absolute atomic E-state index is 0.263. The average Bonchev–Trinajstić information content (AvgIpc) is 2.44. The lowest BCUT2D eigenvalue weighted by Crippen LogP contribution is -2.63. The summed E-state index contributed by atoms with van der Waals surface area (Å²) >= 11 is 0. The summed E-state index contributed by atoms with van der Waals surface area (Å²) < 4.78 is 0. The second-order valence-electron chi connectivity index (χ2n) is 5.95. The van der Waals surface area contributed by atoms with Crippen LogP contribution in [0.2, 0.25) is 0 Å². The first-order valence-corrected chi connectivity index (χ1v) is 7.95. The lowest BCUT2D eigenvalue weighted by Gasteiger charge is -2.50. The topological polar surface area (TPSA) is 35.6 Å². The zero-order valence-electron chi connectivity index (χ0n) is 12.6. The second-order valence-corrected chi connectivity index (χ2v) is 5.95. The maximum Gasteiger partial charge on any atom is 0.236 e. The summed E-state index contributed by atoms with van der Waals surface area (Å²) in [5, 5.41) is 3.54. The lowest BCUT2D eigenvalue weighted by atomic mass is 9.79. The van der Waals surface area contributed by atoms with Crippen LogP contribution < -0.4 is 5.32 Å². The Kier molecular flexibility index (Phi) is 5.22. The first-order valence-electron chi connectivity index (χ1n) is 7.95. The summed E-state index contributed by atoms with van der Waals surface area (Å²) in [7, 11) is 0. The third kappa shape index (κ3) is 3.29. The maximum atomic E-state index is 12.4. The van der Waals surface area contributed by atoms with Gasteiger partial charge in [-0.1, -0.05) is 19.3 Å². The molecule has 2 fully saturated rings. The van der Waals surface area contributed by atoms with E-state index < -0.39 is 0 Å². The Morgan fingerprint density at radius 3 is 2.53 bits per heavy atom. The Bertz CT molecular complexity index is 288. The summed E-state index contributed by atoms with van der Waals surface area (Å²) in [5.41, 5.74) is 0.263. The van der Waals surface area contributed by atoms with Crippen LogP contribution in [-0.2, 0) is 4.79 Å². The van der Waals surface area contributed by atoms with Gasteiger partial charge in [0.1, 0.15) is 0 Å². The molecule has 0 aromatic heterocycles. The average molecular weight is 267 g/mol. The predicted molar refractivity (Wildman–Crippen MR) is 78.2 cm³/mol. The summed E-state index contributed by atoms with van der Waals surface area (Å²) in [4.78, 5) is 16.8. The van der Waals surface area contributed by atoms with Gasteiger partial charge in [0.25, 0.3) is 0 Å². The Balaban J connectivity index is 2.01. The largest absolute Gasteiger partial charge is 0.342 e. The SMILES string of the molecule is CCN(CC)C(=O)CN1CCNCC12CCCCC2. The lowest BCUT2D eigenvalue weighted by molar-refractivity contribution is -0.134. The number of piperazine rings is 1. The molecule has 2 rings (SSSR count). The number of hydrogen-bond acceptors (Lipinski definition) is 3. The number of nitrogens with zero attached hydrogens (tertiary/aromatic N) is 2. The van der Waals surface area contributed by atoms with E-state index in [1.54, 1.807) is 0 Å². The molecule has 4 nitrogen and oxygen atoms in total. The molecule has 0 aromatic carbocycles. The molecule has 1 aliphatic carbocycles. The van der Waals surface area contributed by atoms with Gasteiger partial charge in [-0.2, -0.15) is 0 Å². The molecule has 1 spiro atoms. The van der Waals surface area contributed by atoms with Crippen LogP contribution in [-0.4, -0.2) is 60.5 Å². The molecule has 0 aromatic rings. The van der Waals surface area contributed by atoms with E-state index in [-0.39, 0.29) is 5.54 Å². The third-order valence-electron chi connectivity index (χ3n) is 4.91. The molecule has 1 aliphatic heterocycles. The van der Waals surface area contributed by atoms with Gasteiger partial charge in [-0.15, -0.1) is 0 Å². The van der Waals surface area contributed by atoms with Crippen molar-refractivity contribution < 1.29 is 4.79 Å². The van der Waals surface area contributed by atoms with Gasteiger partial charge in [0.15, 0.2) is 0 Å². The molecule has 0 unspecified atom stereocenters. The molecule has 110 valence electrons. The zero-order chi connectivity index (χ0) is 13.7. The summed E-state index contributed by atoms with van der Waals surface area (Å²) in [6.45, 7) is 9.51. The normalized spacial score (nSPS) is 23.5. The molecule has 0 bridgehead atoms. The van der Waals surface area contributed by atoms with Crippen LogP contribution in [0.25, 0.3) is 0 Å². The van der Waals surface area contributed by atoms with E-state index in [1.165, 1.54) is 32.1 Å². The van der Waals surface area contributed by atoms with Crippen molar-refractivity contribution in [1.29, 1.82) is 0 Å². The van der Waals surface area contributed by atoms with Crippen molar-refractivity contribution in [3.05, 3.63) is 0 Å². The molecular weight excluding hydrogens is 238 g/mol. The van der Waals surface area contributed by atoms with Crippen molar-refractivity contribution in [2.24, 2.45) is 0 Å². The molecular formula is C15H29N3O. The van der Waals surface area contributed by atoms with Crippen LogP contribution in [0.1, 0.15) is 46.0 Å². The molecule has 1 saturated carbocycles. The van der Waals surface area contributed by atoms with E-state index in [0.29, 0.717) is 12.5 Å². The number of nitrogens with one attached hydrogen (secondary N) is 1. The summed E-state index contributed by atoms with van der Waals surface area (Å²) in [6, 6.07) is 0. The first kappa shape index (κ1) is 14.8. The van der Waals surface area contributed by atoms with Crippen molar-refractivity contribution >= 4 is 5.91 Å². The van der Waals surface area contributed by atoms with E-state index >= 15 is 0 Å². The predicted octanol–water partition coefficient (Wildman–Crippen LogP) is 1.46. The molecule has 19 heavy (non-hydrogen) atoms. The first-order chi connectivity index (χ1) is 9.22. The minimum atomic E-state index is 0.263. The van der Waals surface area contributed by atoms with Gasteiger partial charge < -0.3 is 10.2 Å². The van der Waals surface area contributed by atoms with Crippen LogP contribution in [0.4, 0.5) is 0 Å². The fraction of sp³-hybridized carbons (Fsp3) is 0.933. The molecule has 1 heterocycles. The highest BCUT2D eigenvalue weighted by atomic mass is 16.2. The number of amides is 1.